The van der Waals surface area contributed by atoms with Crippen molar-refractivity contribution in [2.45, 2.75) is 6.10 Å². The van der Waals surface area contributed by atoms with Gasteiger partial charge in [-0.25, -0.2) is 4.79 Å². The number of nitrogens with one attached hydrogen (secondary N) is 1. The van der Waals surface area contributed by atoms with Gasteiger partial charge in [-0.15, -0.1) is 0 Å². The van der Waals surface area contributed by atoms with Gasteiger partial charge >= 0.3 is 5.97 Å². The van der Waals surface area contributed by atoms with Crippen LogP contribution in [0.15, 0.2) is 24.3 Å². The lowest BCUT2D eigenvalue weighted by Crippen LogP contribution is -2.37. The van der Waals surface area contributed by atoms with Gasteiger partial charge < -0.3 is 20.9 Å². The maximum absolute atomic E-state index is 11.8. The molecule has 1 aromatic rings. The van der Waals surface area contributed by atoms with Crippen molar-refractivity contribution in [2.24, 2.45) is 5.73 Å². The zero-order valence-electron chi connectivity index (χ0n) is 10.3. The van der Waals surface area contributed by atoms with E-state index in [1.54, 1.807) is 0 Å². The molecule has 0 heterocycles. The summed E-state index contributed by atoms with van der Waals surface area (Å²) in [6.07, 6.45) is -1.12. The van der Waals surface area contributed by atoms with Gasteiger partial charge in [-0.2, -0.15) is 0 Å². The molecule has 0 fully saturated rings. The lowest BCUT2D eigenvalue weighted by molar-refractivity contribution is -0.148. The molecule has 1 unspecified atom stereocenters. The number of nitrogens with two attached hydrogens (primary N) is 1. The van der Waals surface area contributed by atoms with Gasteiger partial charge in [0.2, 0.25) is 5.91 Å². The predicted molar refractivity (Wildman–Crippen MR) is 65.7 cm³/mol. The summed E-state index contributed by atoms with van der Waals surface area (Å²) in [5.74, 6) is -2.32. The predicted octanol–water partition coefficient (Wildman–Crippen LogP) is -0.385. The van der Waals surface area contributed by atoms with Gasteiger partial charge in [0, 0.05) is 18.2 Å². The standard InChI is InChI=1S/C12H14N2O5/c1-19-9(12(17)18)6-14-11(16)8-4-2-3-7(5-8)10(13)15/h2-5,9H,6H2,1H3,(H2,13,15)(H,14,16)(H,17,18). The van der Waals surface area contributed by atoms with Crippen molar-refractivity contribution in [1.82, 2.24) is 5.32 Å². The van der Waals surface area contributed by atoms with Crippen LogP contribution in [0.1, 0.15) is 20.7 Å². The Kier molecular flexibility index (Phi) is 5.01. The molecular formula is C12H14N2O5. The largest absolute Gasteiger partial charge is 0.479 e. The molecule has 0 spiro atoms. The Morgan fingerprint density at radius 2 is 2.00 bits per heavy atom. The van der Waals surface area contributed by atoms with Crippen LogP contribution in [-0.2, 0) is 9.53 Å². The zero-order chi connectivity index (χ0) is 14.4. The Morgan fingerprint density at radius 3 is 2.53 bits per heavy atom. The average molecular weight is 266 g/mol. The van der Waals surface area contributed by atoms with Gasteiger partial charge in [0.25, 0.3) is 5.91 Å². The molecule has 7 heteroatoms. The molecule has 7 nitrogen and oxygen atoms in total. The van der Waals surface area contributed by atoms with Crippen molar-refractivity contribution in [3.63, 3.8) is 0 Å². The molecule has 0 bridgehead atoms. The highest BCUT2D eigenvalue weighted by atomic mass is 16.5. The number of aliphatic carboxylic acids is 1. The second-order valence-electron chi connectivity index (χ2n) is 3.72. The second-order valence-corrected chi connectivity index (χ2v) is 3.72. The van der Waals surface area contributed by atoms with E-state index in [2.05, 4.69) is 10.1 Å². The molecule has 0 saturated heterocycles. The first-order valence-electron chi connectivity index (χ1n) is 5.39. The SMILES string of the molecule is COC(CNC(=O)c1cccc(C(N)=O)c1)C(=O)O. The van der Waals surface area contributed by atoms with Gasteiger partial charge in [-0.3, -0.25) is 9.59 Å². The number of hydrogen-bond donors (Lipinski definition) is 3. The Bertz CT molecular complexity index is 501. The molecule has 19 heavy (non-hydrogen) atoms. The molecule has 2 amide bonds. The molecule has 4 N–H and O–H groups in total. The Labute approximate surface area is 109 Å². The third-order valence-corrected chi connectivity index (χ3v) is 2.42. The molecule has 0 aromatic heterocycles. The minimum absolute atomic E-state index is 0.175. The molecule has 0 aliphatic carbocycles. The number of methoxy groups -OCH3 is 1. The lowest BCUT2D eigenvalue weighted by Gasteiger charge is -2.11. The van der Waals surface area contributed by atoms with Crippen molar-refractivity contribution in [3.8, 4) is 0 Å². The summed E-state index contributed by atoms with van der Waals surface area (Å²) >= 11 is 0. The van der Waals surface area contributed by atoms with E-state index >= 15 is 0 Å². The number of carboxylic acid groups (broad SMARTS) is 1. The number of amides is 2. The van der Waals surface area contributed by atoms with Crippen LogP contribution in [0.3, 0.4) is 0 Å². The molecule has 1 aromatic carbocycles. The van der Waals surface area contributed by atoms with Crippen LogP contribution in [0, 0.1) is 0 Å². The smallest absolute Gasteiger partial charge is 0.334 e. The van der Waals surface area contributed by atoms with Crippen LogP contribution in [0.25, 0.3) is 0 Å². The van der Waals surface area contributed by atoms with E-state index in [4.69, 9.17) is 10.8 Å². The number of primary amides is 1. The number of carboxylic acids is 1. The van der Waals surface area contributed by atoms with Crippen molar-refractivity contribution in [1.29, 1.82) is 0 Å². The Morgan fingerprint density at radius 1 is 1.37 bits per heavy atom. The third-order valence-electron chi connectivity index (χ3n) is 2.42. The number of rotatable bonds is 6. The summed E-state index contributed by atoms with van der Waals surface area (Å²) in [6.45, 7) is -0.175. The van der Waals surface area contributed by atoms with Gasteiger partial charge in [-0.1, -0.05) is 6.07 Å². The van der Waals surface area contributed by atoms with E-state index in [0.29, 0.717) is 0 Å². The molecule has 0 aliphatic heterocycles. The van der Waals surface area contributed by atoms with Crippen molar-refractivity contribution in [3.05, 3.63) is 35.4 Å². The summed E-state index contributed by atoms with van der Waals surface area (Å²) in [7, 11) is 1.23. The maximum Gasteiger partial charge on any atom is 0.334 e. The molecule has 0 saturated carbocycles. The number of hydrogen-bond acceptors (Lipinski definition) is 4. The van der Waals surface area contributed by atoms with E-state index in [1.807, 2.05) is 0 Å². The number of carbonyl (C=O) groups excluding carboxylic acids is 2. The topological polar surface area (TPSA) is 119 Å². The summed E-state index contributed by atoms with van der Waals surface area (Å²) in [4.78, 5) is 33.4. The van der Waals surface area contributed by atoms with E-state index in [1.165, 1.54) is 31.4 Å². The minimum atomic E-state index is -1.17. The molecule has 0 radical (unpaired) electrons. The minimum Gasteiger partial charge on any atom is -0.479 e. The van der Waals surface area contributed by atoms with Crippen molar-refractivity contribution >= 4 is 17.8 Å². The fourth-order valence-electron chi connectivity index (χ4n) is 1.37. The summed E-state index contributed by atoms with van der Waals surface area (Å²) in [5, 5.41) is 11.1. The average Bonchev–Trinajstić information content (AvgIpc) is 2.38. The van der Waals surface area contributed by atoms with Crippen LogP contribution >= 0.6 is 0 Å². The fourth-order valence-corrected chi connectivity index (χ4v) is 1.37. The highest BCUT2D eigenvalue weighted by Gasteiger charge is 2.17. The van der Waals surface area contributed by atoms with E-state index in [9.17, 15) is 14.4 Å². The lowest BCUT2D eigenvalue weighted by atomic mass is 10.1. The summed E-state index contributed by atoms with van der Waals surface area (Å²) in [6, 6.07) is 5.82. The normalized spacial score (nSPS) is 11.6. The van der Waals surface area contributed by atoms with Gasteiger partial charge in [0.05, 0.1) is 6.54 Å². The number of carbonyl (C=O) groups is 3. The van der Waals surface area contributed by atoms with Crippen molar-refractivity contribution < 1.29 is 24.2 Å². The van der Waals surface area contributed by atoms with E-state index < -0.39 is 23.9 Å². The summed E-state index contributed by atoms with van der Waals surface area (Å²) < 4.78 is 4.67. The van der Waals surface area contributed by atoms with Crippen molar-refractivity contribution in [2.75, 3.05) is 13.7 Å². The van der Waals surface area contributed by atoms with Gasteiger partial charge in [0.1, 0.15) is 0 Å². The van der Waals surface area contributed by atoms with Crippen LogP contribution in [0.2, 0.25) is 0 Å². The molecule has 1 atom stereocenters. The number of ether oxygens (including phenoxy) is 1. The Balaban J connectivity index is 2.70. The third kappa shape index (κ3) is 4.07. The van der Waals surface area contributed by atoms with Crippen LogP contribution < -0.4 is 11.1 Å². The Hall–Kier alpha value is -2.41. The quantitative estimate of drug-likeness (QED) is 0.648. The first kappa shape index (κ1) is 14.7. The molecule has 0 aliphatic rings. The van der Waals surface area contributed by atoms with Gasteiger partial charge in [-0.05, 0) is 18.2 Å². The van der Waals surface area contributed by atoms with Crippen LogP contribution in [0.5, 0.6) is 0 Å². The van der Waals surface area contributed by atoms with Crippen LogP contribution in [-0.4, -0.2) is 42.6 Å². The summed E-state index contributed by atoms with van der Waals surface area (Å²) in [5.41, 5.74) is 5.52. The molecular weight excluding hydrogens is 252 g/mol. The van der Waals surface area contributed by atoms with Gasteiger partial charge in [0.15, 0.2) is 6.10 Å². The monoisotopic (exact) mass is 266 g/mol. The molecule has 102 valence electrons. The van der Waals surface area contributed by atoms with Crippen LogP contribution in [0.4, 0.5) is 0 Å². The first-order valence-corrected chi connectivity index (χ1v) is 5.39. The fraction of sp³-hybridized carbons (Fsp3) is 0.250. The molecule has 1 rings (SSSR count). The highest BCUT2D eigenvalue weighted by Crippen LogP contribution is 2.04. The van der Waals surface area contributed by atoms with E-state index in [-0.39, 0.29) is 17.7 Å². The first-order chi connectivity index (χ1) is 8.95. The second kappa shape index (κ2) is 6.50. The highest BCUT2D eigenvalue weighted by molar-refractivity contribution is 5.99. The van der Waals surface area contributed by atoms with E-state index in [0.717, 1.165) is 0 Å². The maximum atomic E-state index is 11.8. The number of benzene rings is 1. The zero-order valence-corrected chi connectivity index (χ0v) is 10.3.